The Kier molecular flexibility index (Phi) is 3.92. The Hall–Kier alpha value is -2.62. The van der Waals surface area contributed by atoms with Gasteiger partial charge in [-0.25, -0.2) is 15.0 Å². The maximum Gasteiger partial charge on any atom is 0.242 e. The largest absolute Gasteiger partial charge is 0.348 e. The maximum atomic E-state index is 12.5. The number of carbonyl (C=O) groups excluding carboxylic acids is 1. The summed E-state index contributed by atoms with van der Waals surface area (Å²) in [5.74, 6) is 3.65. The molecule has 1 aliphatic heterocycles. The Bertz CT molecular complexity index is 718. The third-order valence-corrected chi connectivity index (χ3v) is 3.95. The van der Waals surface area contributed by atoms with Crippen LogP contribution in [0.3, 0.4) is 0 Å². The van der Waals surface area contributed by atoms with Crippen LogP contribution < -0.4 is 4.90 Å². The number of H-pyrrole nitrogens is 1. The Morgan fingerprint density at radius 3 is 3.23 bits per heavy atom. The first-order valence-electron chi connectivity index (χ1n) is 7.28. The first kappa shape index (κ1) is 14.3. The van der Waals surface area contributed by atoms with Gasteiger partial charge in [0.1, 0.15) is 11.8 Å². The van der Waals surface area contributed by atoms with Crippen molar-refractivity contribution in [2.75, 3.05) is 31.6 Å². The highest BCUT2D eigenvalue weighted by molar-refractivity contribution is 5.87. The molecule has 1 saturated heterocycles. The van der Waals surface area contributed by atoms with Gasteiger partial charge in [0, 0.05) is 26.1 Å². The van der Waals surface area contributed by atoms with E-state index >= 15 is 0 Å². The number of carbonyl (C=O) groups is 1. The van der Waals surface area contributed by atoms with Gasteiger partial charge in [-0.1, -0.05) is 0 Å². The highest BCUT2D eigenvalue weighted by Gasteiger charge is 2.24. The standard InChI is InChI=1S/C15H18N6O/c1-3-11-5-4-6-21(7-11)12(22)8-20(2)15-13-14(17-9-16-13)18-10-19-15/h1,9-11H,4-8H2,2H3,(H,16,17,18,19). The van der Waals surface area contributed by atoms with E-state index < -0.39 is 0 Å². The van der Waals surface area contributed by atoms with Gasteiger partial charge in [0.05, 0.1) is 12.9 Å². The lowest BCUT2D eigenvalue weighted by Crippen LogP contribution is -2.44. The number of amides is 1. The van der Waals surface area contributed by atoms with E-state index in [1.165, 1.54) is 6.33 Å². The molecule has 1 unspecified atom stereocenters. The molecule has 7 heteroatoms. The fourth-order valence-electron chi connectivity index (χ4n) is 2.76. The van der Waals surface area contributed by atoms with Crippen molar-refractivity contribution in [2.45, 2.75) is 12.8 Å². The Morgan fingerprint density at radius 1 is 1.55 bits per heavy atom. The molecule has 7 nitrogen and oxygen atoms in total. The van der Waals surface area contributed by atoms with Gasteiger partial charge in [0.15, 0.2) is 11.5 Å². The molecule has 1 fully saturated rings. The number of piperidine rings is 1. The van der Waals surface area contributed by atoms with Crippen LogP contribution in [0.5, 0.6) is 0 Å². The number of likely N-dealkylation sites (N-methyl/N-ethyl adjacent to an activating group) is 1. The highest BCUT2D eigenvalue weighted by atomic mass is 16.2. The molecule has 1 N–H and O–H groups in total. The number of fused-ring (bicyclic) bond motifs is 1. The molecule has 1 amide bonds. The minimum absolute atomic E-state index is 0.0636. The molecule has 0 aliphatic carbocycles. The van der Waals surface area contributed by atoms with Gasteiger partial charge in [0.2, 0.25) is 5.91 Å². The van der Waals surface area contributed by atoms with E-state index in [0.717, 1.165) is 24.9 Å². The van der Waals surface area contributed by atoms with Crippen molar-refractivity contribution in [3.63, 3.8) is 0 Å². The van der Waals surface area contributed by atoms with Crippen molar-refractivity contribution in [3.8, 4) is 12.3 Å². The monoisotopic (exact) mass is 298 g/mol. The van der Waals surface area contributed by atoms with Crippen LogP contribution in [0.4, 0.5) is 5.82 Å². The molecule has 3 heterocycles. The number of nitrogens with one attached hydrogen (secondary N) is 1. The number of nitrogens with zero attached hydrogens (tertiary/aromatic N) is 5. The lowest BCUT2D eigenvalue weighted by molar-refractivity contribution is -0.131. The molecule has 0 bridgehead atoms. The summed E-state index contributed by atoms with van der Waals surface area (Å²) < 4.78 is 0. The first-order chi connectivity index (χ1) is 10.7. The predicted molar refractivity (Wildman–Crippen MR) is 83.1 cm³/mol. The van der Waals surface area contributed by atoms with Gasteiger partial charge in [-0.2, -0.15) is 0 Å². The van der Waals surface area contributed by atoms with E-state index in [1.807, 2.05) is 16.8 Å². The lowest BCUT2D eigenvalue weighted by Gasteiger charge is -2.31. The second-order valence-corrected chi connectivity index (χ2v) is 5.50. The van der Waals surface area contributed by atoms with Crippen LogP contribution in [-0.4, -0.2) is 57.4 Å². The maximum absolute atomic E-state index is 12.5. The summed E-state index contributed by atoms with van der Waals surface area (Å²) in [5.41, 5.74) is 1.33. The number of aromatic nitrogens is 4. The first-order valence-corrected chi connectivity index (χ1v) is 7.28. The van der Waals surface area contributed by atoms with Gasteiger partial charge in [0.25, 0.3) is 0 Å². The summed E-state index contributed by atoms with van der Waals surface area (Å²) >= 11 is 0. The van der Waals surface area contributed by atoms with E-state index in [9.17, 15) is 4.79 Å². The van der Waals surface area contributed by atoms with E-state index in [1.54, 1.807) is 6.33 Å². The molecule has 2 aromatic heterocycles. The SMILES string of the molecule is C#CC1CCCN(C(=O)CN(C)c2ncnc3nc[nH]c23)C1. The van der Waals surface area contributed by atoms with Crippen molar-refractivity contribution in [2.24, 2.45) is 5.92 Å². The fraction of sp³-hybridized carbons (Fsp3) is 0.467. The van der Waals surface area contributed by atoms with Crippen molar-refractivity contribution in [1.82, 2.24) is 24.8 Å². The number of aromatic amines is 1. The number of terminal acetylenes is 1. The molecule has 3 rings (SSSR count). The fourth-order valence-corrected chi connectivity index (χ4v) is 2.76. The summed E-state index contributed by atoms with van der Waals surface area (Å²) in [6, 6.07) is 0. The third kappa shape index (κ3) is 2.72. The summed E-state index contributed by atoms with van der Waals surface area (Å²) in [6.07, 6.45) is 10.5. The smallest absolute Gasteiger partial charge is 0.242 e. The average Bonchev–Trinajstić information content (AvgIpc) is 3.03. The summed E-state index contributed by atoms with van der Waals surface area (Å²) in [7, 11) is 1.84. The summed E-state index contributed by atoms with van der Waals surface area (Å²) in [4.78, 5) is 31.6. The molecule has 0 aromatic carbocycles. The molecule has 2 aromatic rings. The van der Waals surface area contributed by atoms with Crippen molar-refractivity contribution in [1.29, 1.82) is 0 Å². The summed E-state index contributed by atoms with van der Waals surface area (Å²) in [6.45, 7) is 1.67. The van der Waals surface area contributed by atoms with Gasteiger partial charge in [-0.15, -0.1) is 12.3 Å². The van der Waals surface area contributed by atoms with Gasteiger partial charge >= 0.3 is 0 Å². The molecule has 1 aliphatic rings. The van der Waals surface area contributed by atoms with E-state index in [2.05, 4.69) is 25.9 Å². The molecule has 22 heavy (non-hydrogen) atoms. The molecular formula is C15H18N6O. The van der Waals surface area contributed by atoms with E-state index in [-0.39, 0.29) is 18.4 Å². The van der Waals surface area contributed by atoms with Crippen molar-refractivity contribution < 1.29 is 4.79 Å². The number of hydrogen-bond acceptors (Lipinski definition) is 5. The normalized spacial score (nSPS) is 18.2. The Labute approximate surface area is 128 Å². The topological polar surface area (TPSA) is 78.0 Å². The zero-order valence-corrected chi connectivity index (χ0v) is 12.5. The molecular weight excluding hydrogens is 280 g/mol. The minimum atomic E-state index is 0.0636. The van der Waals surface area contributed by atoms with Crippen LogP contribution in [-0.2, 0) is 4.79 Å². The van der Waals surface area contributed by atoms with Gasteiger partial charge in [-0.3, -0.25) is 4.79 Å². The number of hydrogen-bond donors (Lipinski definition) is 1. The molecule has 114 valence electrons. The zero-order valence-electron chi connectivity index (χ0n) is 12.5. The summed E-state index contributed by atoms with van der Waals surface area (Å²) in [5, 5.41) is 0. The predicted octanol–water partition coefficient (Wildman–Crippen LogP) is 0.661. The molecule has 0 saturated carbocycles. The van der Waals surface area contributed by atoms with Gasteiger partial charge in [-0.05, 0) is 12.8 Å². The minimum Gasteiger partial charge on any atom is -0.348 e. The molecule has 0 radical (unpaired) electrons. The Morgan fingerprint density at radius 2 is 2.41 bits per heavy atom. The van der Waals surface area contributed by atoms with Crippen LogP contribution >= 0.6 is 0 Å². The number of anilines is 1. The quantitative estimate of drug-likeness (QED) is 0.842. The van der Waals surface area contributed by atoms with Crippen LogP contribution in [0.2, 0.25) is 0 Å². The van der Waals surface area contributed by atoms with Crippen LogP contribution in [0, 0.1) is 18.3 Å². The average molecular weight is 298 g/mol. The molecule has 1 atom stereocenters. The van der Waals surface area contributed by atoms with Crippen molar-refractivity contribution >= 4 is 22.9 Å². The number of rotatable bonds is 3. The lowest BCUT2D eigenvalue weighted by atomic mass is 9.99. The zero-order chi connectivity index (χ0) is 15.5. The van der Waals surface area contributed by atoms with Gasteiger partial charge < -0.3 is 14.8 Å². The number of likely N-dealkylation sites (tertiary alicyclic amines) is 1. The third-order valence-electron chi connectivity index (χ3n) is 3.95. The molecule has 0 spiro atoms. The van der Waals surface area contributed by atoms with Crippen LogP contribution in [0.15, 0.2) is 12.7 Å². The van der Waals surface area contributed by atoms with Crippen LogP contribution in [0.25, 0.3) is 11.2 Å². The van der Waals surface area contributed by atoms with E-state index in [0.29, 0.717) is 18.0 Å². The van der Waals surface area contributed by atoms with E-state index in [4.69, 9.17) is 6.42 Å². The number of imidazole rings is 1. The van der Waals surface area contributed by atoms with Crippen molar-refractivity contribution in [3.05, 3.63) is 12.7 Å². The van der Waals surface area contributed by atoms with Crippen LogP contribution in [0.1, 0.15) is 12.8 Å². The Balaban J connectivity index is 1.71. The highest BCUT2D eigenvalue weighted by Crippen LogP contribution is 2.19. The second kappa shape index (κ2) is 6.02. The second-order valence-electron chi connectivity index (χ2n) is 5.50.